The molecule has 120 valence electrons. The Morgan fingerprint density at radius 3 is 2.20 bits per heavy atom. The van der Waals surface area contributed by atoms with E-state index in [1.807, 2.05) is 0 Å². The van der Waals surface area contributed by atoms with Gasteiger partial charge in [0.2, 0.25) is 5.78 Å². The van der Waals surface area contributed by atoms with Crippen molar-refractivity contribution in [3.8, 4) is 0 Å². The van der Waals surface area contributed by atoms with E-state index in [2.05, 4.69) is 6.92 Å². The normalized spacial score (nSPS) is 15.8. The van der Waals surface area contributed by atoms with Crippen molar-refractivity contribution in [1.82, 2.24) is 0 Å². The molecule has 0 saturated heterocycles. The first-order chi connectivity index (χ1) is 9.54. The van der Waals surface area contributed by atoms with Crippen molar-refractivity contribution >= 4 is 5.78 Å². The van der Waals surface area contributed by atoms with Crippen molar-refractivity contribution in [1.29, 1.82) is 0 Å². The lowest BCUT2D eigenvalue weighted by Crippen LogP contribution is -2.47. The summed E-state index contributed by atoms with van der Waals surface area (Å²) in [6, 6.07) is 0. The Bertz CT molecular complexity index is 250. The summed E-state index contributed by atoms with van der Waals surface area (Å²) in [5.41, 5.74) is 5.47. The zero-order valence-electron chi connectivity index (χ0n) is 12.3. The van der Waals surface area contributed by atoms with Gasteiger partial charge in [0, 0.05) is 6.61 Å². The van der Waals surface area contributed by atoms with E-state index in [0.717, 1.165) is 19.3 Å². The van der Waals surface area contributed by atoms with Crippen LogP contribution in [0.4, 0.5) is 0 Å². The zero-order valence-corrected chi connectivity index (χ0v) is 12.3. The number of rotatable bonds is 13. The van der Waals surface area contributed by atoms with E-state index in [1.54, 1.807) is 0 Å². The number of aliphatic hydroxyl groups is 3. The van der Waals surface area contributed by atoms with Crippen molar-refractivity contribution in [2.75, 3.05) is 13.2 Å². The molecular formula is C14H29NO5. The van der Waals surface area contributed by atoms with Crippen LogP contribution in [0.2, 0.25) is 0 Å². The monoisotopic (exact) mass is 291 g/mol. The second-order valence-electron chi connectivity index (χ2n) is 5.01. The highest BCUT2D eigenvalue weighted by molar-refractivity contribution is 5.87. The van der Waals surface area contributed by atoms with Gasteiger partial charge in [-0.1, -0.05) is 45.4 Å². The van der Waals surface area contributed by atoms with Gasteiger partial charge in [0.1, 0.15) is 12.2 Å². The van der Waals surface area contributed by atoms with E-state index >= 15 is 0 Å². The van der Waals surface area contributed by atoms with Gasteiger partial charge in [0.15, 0.2) is 6.23 Å². The fourth-order valence-corrected chi connectivity index (χ4v) is 1.81. The molecule has 1 unspecified atom stereocenters. The van der Waals surface area contributed by atoms with Crippen LogP contribution in [0.15, 0.2) is 0 Å². The third kappa shape index (κ3) is 8.60. The standard InChI is InChI=1S/C14H29NO5/c1-2-3-4-5-6-7-8-9-20-14(15)13(19)12(18)11(17)10-16/h11-12,14,16-18H,2-10,15H2,1H3/t11-,12+,14?/m1/s1. The Balaban J connectivity index is 3.62. The van der Waals surface area contributed by atoms with Crippen LogP contribution in [-0.4, -0.2) is 52.8 Å². The molecule has 0 aromatic heterocycles. The molecule has 0 aromatic carbocycles. The highest BCUT2D eigenvalue weighted by Gasteiger charge is 2.28. The number of ketones is 1. The first-order valence-electron chi connectivity index (χ1n) is 7.42. The number of unbranched alkanes of at least 4 members (excludes halogenated alkanes) is 6. The molecular weight excluding hydrogens is 262 g/mol. The molecule has 5 N–H and O–H groups in total. The maximum absolute atomic E-state index is 11.5. The Hall–Kier alpha value is -0.530. The summed E-state index contributed by atoms with van der Waals surface area (Å²) < 4.78 is 5.12. The maximum atomic E-state index is 11.5. The Morgan fingerprint density at radius 1 is 1.10 bits per heavy atom. The van der Waals surface area contributed by atoms with Crippen molar-refractivity contribution in [2.45, 2.75) is 70.3 Å². The zero-order chi connectivity index (χ0) is 15.4. The molecule has 6 heteroatoms. The smallest absolute Gasteiger partial charge is 0.207 e. The van der Waals surface area contributed by atoms with Crippen LogP contribution in [0.3, 0.4) is 0 Å². The molecule has 3 atom stereocenters. The van der Waals surface area contributed by atoms with Crippen LogP contribution in [0.5, 0.6) is 0 Å². The molecule has 0 aromatic rings. The molecule has 0 aliphatic carbocycles. The summed E-state index contributed by atoms with van der Waals surface area (Å²) in [7, 11) is 0. The summed E-state index contributed by atoms with van der Waals surface area (Å²) >= 11 is 0. The van der Waals surface area contributed by atoms with Crippen LogP contribution < -0.4 is 5.73 Å². The number of aliphatic hydroxyl groups excluding tert-OH is 3. The highest BCUT2D eigenvalue weighted by atomic mass is 16.5. The molecule has 0 saturated carbocycles. The topological polar surface area (TPSA) is 113 Å². The molecule has 0 heterocycles. The van der Waals surface area contributed by atoms with Crippen molar-refractivity contribution in [2.24, 2.45) is 5.73 Å². The van der Waals surface area contributed by atoms with Gasteiger partial charge < -0.3 is 20.1 Å². The minimum absolute atomic E-state index is 0.350. The molecule has 0 spiro atoms. The number of ether oxygens (including phenoxy) is 1. The van der Waals surface area contributed by atoms with Crippen LogP contribution in [0.25, 0.3) is 0 Å². The van der Waals surface area contributed by atoms with Gasteiger partial charge in [0.05, 0.1) is 6.61 Å². The largest absolute Gasteiger partial charge is 0.394 e. The SMILES string of the molecule is CCCCCCCCCOC(N)C(=O)[C@@H](O)[C@H](O)CO. The van der Waals surface area contributed by atoms with Crippen LogP contribution in [0, 0.1) is 0 Å². The Morgan fingerprint density at radius 2 is 1.65 bits per heavy atom. The van der Waals surface area contributed by atoms with Crippen molar-refractivity contribution in [3.05, 3.63) is 0 Å². The first kappa shape index (κ1) is 19.5. The second kappa shape index (κ2) is 12.2. The van der Waals surface area contributed by atoms with Crippen LogP contribution >= 0.6 is 0 Å². The van der Waals surface area contributed by atoms with E-state index < -0.39 is 30.8 Å². The highest BCUT2D eigenvalue weighted by Crippen LogP contribution is 2.07. The maximum Gasteiger partial charge on any atom is 0.207 e. The molecule has 0 radical (unpaired) electrons. The average Bonchev–Trinajstić information content (AvgIpc) is 2.47. The number of carbonyl (C=O) groups excluding carboxylic acids is 1. The summed E-state index contributed by atoms with van der Waals surface area (Å²) in [6.07, 6.45) is 3.44. The molecule has 20 heavy (non-hydrogen) atoms. The quantitative estimate of drug-likeness (QED) is 0.287. The molecule has 0 fully saturated rings. The number of hydrogen-bond acceptors (Lipinski definition) is 6. The van der Waals surface area contributed by atoms with Crippen molar-refractivity contribution in [3.63, 3.8) is 0 Å². The number of carbonyl (C=O) groups is 1. The third-order valence-corrected chi connectivity index (χ3v) is 3.17. The minimum atomic E-state index is -1.70. The molecule has 0 aliphatic heterocycles. The minimum Gasteiger partial charge on any atom is -0.394 e. The van der Waals surface area contributed by atoms with Crippen LogP contribution in [-0.2, 0) is 9.53 Å². The lowest BCUT2D eigenvalue weighted by molar-refractivity contribution is -0.146. The predicted molar refractivity (Wildman–Crippen MR) is 76.0 cm³/mol. The number of hydrogen-bond donors (Lipinski definition) is 4. The van der Waals surface area contributed by atoms with Gasteiger partial charge >= 0.3 is 0 Å². The fraction of sp³-hybridized carbons (Fsp3) is 0.929. The molecule has 0 bridgehead atoms. The molecule has 0 rings (SSSR count). The van der Waals surface area contributed by atoms with E-state index in [4.69, 9.17) is 20.7 Å². The van der Waals surface area contributed by atoms with Crippen LogP contribution in [0.1, 0.15) is 51.9 Å². The summed E-state index contributed by atoms with van der Waals surface area (Å²) in [5, 5.41) is 27.1. The average molecular weight is 291 g/mol. The summed E-state index contributed by atoms with van der Waals surface area (Å²) in [4.78, 5) is 11.5. The Labute approximate surface area is 120 Å². The van der Waals surface area contributed by atoms with Gasteiger partial charge in [-0.2, -0.15) is 0 Å². The van der Waals surface area contributed by atoms with Crippen molar-refractivity contribution < 1.29 is 24.9 Å². The molecule has 0 aliphatic rings. The van der Waals surface area contributed by atoms with E-state index in [1.165, 1.54) is 25.7 Å². The number of nitrogens with two attached hydrogens (primary N) is 1. The van der Waals surface area contributed by atoms with Gasteiger partial charge in [-0.05, 0) is 6.42 Å². The van der Waals surface area contributed by atoms with E-state index in [9.17, 15) is 9.90 Å². The summed E-state index contributed by atoms with van der Waals surface area (Å²) in [6.45, 7) is 1.83. The molecule has 6 nitrogen and oxygen atoms in total. The Kier molecular flexibility index (Phi) is 11.9. The molecule has 0 amide bonds. The van der Waals surface area contributed by atoms with Gasteiger partial charge in [0.25, 0.3) is 0 Å². The van der Waals surface area contributed by atoms with Gasteiger partial charge in [-0.15, -0.1) is 0 Å². The van der Waals surface area contributed by atoms with E-state index in [0.29, 0.717) is 6.61 Å². The second-order valence-corrected chi connectivity index (χ2v) is 5.01. The number of Topliss-reactive ketones (excluding diaryl/α,β-unsaturated/α-hetero) is 1. The fourth-order valence-electron chi connectivity index (χ4n) is 1.81. The lowest BCUT2D eigenvalue weighted by Gasteiger charge is -2.18. The first-order valence-corrected chi connectivity index (χ1v) is 7.42. The lowest BCUT2D eigenvalue weighted by atomic mass is 10.1. The third-order valence-electron chi connectivity index (χ3n) is 3.17. The van der Waals surface area contributed by atoms with Gasteiger partial charge in [-0.25, -0.2) is 0 Å². The van der Waals surface area contributed by atoms with Gasteiger partial charge in [-0.3, -0.25) is 10.5 Å². The summed E-state index contributed by atoms with van der Waals surface area (Å²) in [5.74, 6) is -0.811. The predicted octanol–water partition coefficient (Wildman–Crippen LogP) is 0.322. The van der Waals surface area contributed by atoms with E-state index in [-0.39, 0.29) is 0 Å².